The van der Waals surface area contributed by atoms with Crippen molar-refractivity contribution >= 4 is 29.1 Å². The molecule has 0 bridgehead atoms. The Bertz CT molecular complexity index is 1140. The van der Waals surface area contributed by atoms with Crippen LogP contribution in [0.15, 0.2) is 42.5 Å². The molecule has 28 heavy (non-hydrogen) atoms. The van der Waals surface area contributed by atoms with Crippen LogP contribution in [0.2, 0.25) is 10.0 Å². The van der Waals surface area contributed by atoms with Gasteiger partial charge in [0.25, 0.3) is 5.91 Å². The van der Waals surface area contributed by atoms with E-state index in [1.54, 1.807) is 30.3 Å². The summed E-state index contributed by atoms with van der Waals surface area (Å²) >= 11 is 12.3. The number of halogens is 2. The third kappa shape index (κ3) is 3.70. The van der Waals surface area contributed by atoms with Crippen molar-refractivity contribution < 1.29 is 4.79 Å². The van der Waals surface area contributed by atoms with Gasteiger partial charge in [-0.15, -0.1) is 0 Å². The van der Waals surface area contributed by atoms with Crippen LogP contribution in [0.25, 0.3) is 16.9 Å². The van der Waals surface area contributed by atoms with E-state index >= 15 is 0 Å². The number of carbonyl (C=O) groups excluding carboxylic acids is 1. The summed E-state index contributed by atoms with van der Waals surface area (Å²) in [5, 5.41) is 23.4. The normalized spacial score (nSPS) is 10.3. The maximum absolute atomic E-state index is 11.8. The molecule has 1 amide bonds. The average Bonchev–Trinajstić information content (AvgIpc) is 3.06. The van der Waals surface area contributed by atoms with Crippen molar-refractivity contribution in [3.05, 3.63) is 69.3 Å². The predicted molar refractivity (Wildman–Crippen MR) is 106 cm³/mol. The van der Waals surface area contributed by atoms with E-state index in [0.29, 0.717) is 39.8 Å². The minimum Gasteiger partial charge on any atom is -0.364 e. The molecule has 0 aliphatic heterocycles. The van der Waals surface area contributed by atoms with Gasteiger partial charge < -0.3 is 5.73 Å². The molecule has 0 saturated heterocycles. The van der Waals surface area contributed by atoms with Gasteiger partial charge in [0.2, 0.25) is 0 Å². The van der Waals surface area contributed by atoms with Gasteiger partial charge in [0.15, 0.2) is 5.69 Å². The molecule has 0 aliphatic carbocycles. The Kier molecular flexibility index (Phi) is 5.65. The average molecular weight is 410 g/mol. The van der Waals surface area contributed by atoms with E-state index in [9.17, 15) is 10.1 Å². The molecule has 0 spiro atoms. The number of rotatable bonds is 5. The zero-order chi connectivity index (χ0) is 20.3. The van der Waals surface area contributed by atoms with Gasteiger partial charge in [-0.3, -0.25) is 4.79 Å². The van der Waals surface area contributed by atoms with E-state index in [4.69, 9.17) is 34.2 Å². The summed E-state index contributed by atoms with van der Waals surface area (Å²) in [6, 6.07) is 16.3. The number of carbonyl (C=O) groups is 1. The number of hydrogen-bond donors (Lipinski definition) is 1. The number of nitrogens with zero attached hydrogens (tertiary/aromatic N) is 4. The van der Waals surface area contributed by atoms with Crippen molar-refractivity contribution in [1.29, 1.82) is 10.5 Å². The molecule has 6 nitrogen and oxygen atoms in total. The first-order valence-corrected chi connectivity index (χ1v) is 8.96. The number of primary amides is 1. The SMILES string of the molecule is N#CCCc1ccc(-c2c(C#N)c(C(N)=O)nn2-c2ccc(Cl)cc2Cl)cc1. The summed E-state index contributed by atoms with van der Waals surface area (Å²) < 4.78 is 1.42. The Morgan fingerprint density at radius 2 is 1.86 bits per heavy atom. The molecular weight excluding hydrogens is 397 g/mol. The first-order valence-electron chi connectivity index (χ1n) is 8.21. The predicted octanol–water partition coefficient (Wildman–Crippen LogP) is 4.27. The Morgan fingerprint density at radius 3 is 2.43 bits per heavy atom. The fourth-order valence-electron chi connectivity index (χ4n) is 2.82. The minimum absolute atomic E-state index is 0.0586. The van der Waals surface area contributed by atoms with Gasteiger partial charge in [-0.05, 0) is 30.2 Å². The van der Waals surface area contributed by atoms with Crippen LogP contribution in [0.1, 0.15) is 28.0 Å². The smallest absolute Gasteiger partial charge is 0.270 e. The van der Waals surface area contributed by atoms with Gasteiger partial charge in [-0.1, -0.05) is 47.5 Å². The third-order valence-corrected chi connectivity index (χ3v) is 4.66. The van der Waals surface area contributed by atoms with Gasteiger partial charge in [0.05, 0.1) is 22.5 Å². The second-order valence-corrected chi connectivity index (χ2v) is 6.75. The standard InChI is InChI=1S/C20H13Cl2N5O/c21-14-7-8-17(16(22)10-14)27-19(15(11-24)18(26-27)20(25)28)13-5-3-12(4-6-13)2-1-9-23/h3-8,10H,1-2H2,(H2,25,28). The highest BCUT2D eigenvalue weighted by Gasteiger charge is 2.24. The number of benzene rings is 2. The zero-order valence-corrected chi connectivity index (χ0v) is 16.0. The molecule has 2 N–H and O–H groups in total. The second-order valence-electron chi connectivity index (χ2n) is 5.91. The summed E-state index contributed by atoms with van der Waals surface area (Å²) in [6.45, 7) is 0. The molecule has 0 radical (unpaired) electrons. The molecule has 0 fully saturated rings. The molecular formula is C20H13Cl2N5O. The molecule has 0 saturated carbocycles. The fourth-order valence-corrected chi connectivity index (χ4v) is 3.31. The molecule has 0 aliphatic rings. The largest absolute Gasteiger partial charge is 0.364 e. The van der Waals surface area contributed by atoms with Crippen molar-refractivity contribution in [2.24, 2.45) is 5.73 Å². The zero-order valence-electron chi connectivity index (χ0n) is 14.5. The lowest BCUT2D eigenvalue weighted by Crippen LogP contribution is -2.13. The number of hydrogen-bond acceptors (Lipinski definition) is 4. The van der Waals surface area contributed by atoms with E-state index in [1.807, 2.05) is 18.2 Å². The second kappa shape index (κ2) is 8.14. The lowest BCUT2D eigenvalue weighted by atomic mass is 10.0. The Hall–Kier alpha value is -3.32. The number of amides is 1. The summed E-state index contributed by atoms with van der Waals surface area (Å²) in [5.74, 6) is -0.813. The molecule has 138 valence electrons. The van der Waals surface area contributed by atoms with Crippen molar-refractivity contribution in [3.63, 3.8) is 0 Å². The lowest BCUT2D eigenvalue weighted by Gasteiger charge is -2.10. The molecule has 0 unspecified atom stereocenters. The minimum atomic E-state index is -0.813. The first-order chi connectivity index (χ1) is 13.5. The fraction of sp³-hybridized carbons (Fsp3) is 0.100. The van der Waals surface area contributed by atoms with E-state index in [0.717, 1.165) is 5.56 Å². The summed E-state index contributed by atoms with van der Waals surface area (Å²) in [6.07, 6.45) is 1.03. The van der Waals surface area contributed by atoms with Crippen LogP contribution in [0.5, 0.6) is 0 Å². The number of nitrogens with two attached hydrogens (primary N) is 1. The van der Waals surface area contributed by atoms with E-state index < -0.39 is 5.91 Å². The van der Waals surface area contributed by atoms with Crippen molar-refractivity contribution in [2.75, 3.05) is 0 Å². The van der Waals surface area contributed by atoms with Crippen LogP contribution in [-0.4, -0.2) is 15.7 Å². The van der Waals surface area contributed by atoms with Crippen LogP contribution in [0, 0.1) is 22.7 Å². The lowest BCUT2D eigenvalue weighted by molar-refractivity contribution is 0.0995. The number of aryl methyl sites for hydroxylation is 1. The van der Waals surface area contributed by atoms with E-state index in [2.05, 4.69) is 11.2 Å². The van der Waals surface area contributed by atoms with Crippen LogP contribution in [0.3, 0.4) is 0 Å². The van der Waals surface area contributed by atoms with E-state index in [-0.39, 0.29) is 11.3 Å². The summed E-state index contributed by atoms with van der Waals surface area (Å²) in [5.41, 5.74) is 7.83. The first kappa shape index (κ1) is 19.4. The summed E-state index contributed by atoms with van der Waals surface area (Å²) in [4.78, 5) is 11.8. The maximum Gasteiger partial charge on any atom is 0.270 e. The highest BCUT2D eigenvalue weighted by Crippen LogP contribution is 2.32. The van der Waals surface area contributed by atoms with Crippen molar-refractivity contribution in [3.8, 4) is 29.1 Å². The molecule has 8 heteroatoms. The highest BCUT2D eigenvalue weighted by atomic mass is 35.5. The Labute approximate surface area is 171 Å². The number of aromatic nitrogens is 2. The van der Waals surface area contributed by atoms with E-state index in [1.165, 1.54) is 4.68 Å². The Morgan fingerprint density at radius 1 is 1.14 bits per heavy atom. The monoisotopic (exact) mass is 409 g/mol. The van der Waals surface area contributed by atoms with Crippen LogP contribution in [0.4, 0.5) is 0 Å². The van der Waals surface area contributed by atoms with Crippen molar-refractivity contribution in [2.45, 2.75) is 12.8 Å². The van der Waals surface area contributed by atoms with Gasteiger partial charge in [-0.2, -0.15) is 15.6 Å². The molecule has 3 rings (SSSR count). The number of nitriles is 2. The van der Waals surface area contributed by atoms with Crippen LogP contribution in [-0.2, 0) is 6.42 Å². The van der Waals surface area contributed by atoms with Gasteiger partial charge in [-0.25, -0.2) is 4.68 Å². The molecule has 1 aromatic heterocycles. The van der Waals surface area contributed by atoms with Gasteiger partial charge >= 0.3 is 0 Å². The molecule has 3 aromatic rings. The van der Waals surface area contributed by atoms with Crippen molar-refractivity contribution in [1.82, 2.24) is 9.78 Å². The summed E-state index contributed by atoms with van der Waals surface area (Å²) in [7, 11) is 0. The van der Waals surface area contributed by atoms with Gasteiger partial charge in [0, 0.05) is 17.0 Å². The quantitative estimate of drug-likeness (QED) is 0.677. The molecule has 0 atom stereocenters. The van der Waals surface area contributed by atoms with Crippen LogP contribution >= 0.6 is 23.2 Å². The molecule has 1 heterocycles. The topological polar surface area (TPSA) is 108 Å². The highest BCUT2D eigenvalue weighted by molar-refractivity contribution is 6.35. The Balaban J connectivity index is 2.23. The van der Waals surface area contributed by atoms with Crippen LogP contribution < -0.4 is 5.73 Å². The van der Waals surface area contributed by atoms with Gasteiger partial charge in [0.1, 0.15) is 11.6 Å². The molecule has 2 aromatic carbocycles. The maximum atomic E-state index is 11.8. The third-order valence-electron chi connectivity index (χ3n) is 4.12.